The predicted molar refractivity (Wildman–Crippen MR) is 60.5 cm³/mol. The van der Waals surface area contributed by atoms with E-state index in [0.717, 1.165) is 19.3 Å². The molecule has 2 rings (SSSR count). The van der Waals surface area contributed by atoms with Crippen LogP contribution in [0.25, 0.3) is 0 Å². The summed E-state index contributed by atoms with van der Waals surface area (Å²) in [6.45, 7) is 1.31. The number of hydrogen-bond acceptors (Lipinski definition) is 3. The second-order valence-electron chi connectivity index (χ2n) is 5.00. The van der Waals surface area contributed by atoms with Gasteiger partial charge in [-0.05, 0) is 25.7 Å². The van der Waals surface area contributed by atoms with Crippen LogP contribution in [0.3, 0.4) is 0 Å². The quantitative estimate of drug-likeness (QED) is 0.745. The Kier molecular flexibility index (Phi) is 3.38. The van der Waals surface area contributed by atoms with Gasteiger partial charge in [-0.15, -0.1) is 0 Å². The highest BCUT2D eigenvalue weighted by Gasteiger charge is 2.53. The fourth-order valence-corrected chi connectivity index (χ4v) is 2.63. The molecule has 1 saturated carbocycles. The smallest absolute Gasteiger partial charge is 0.319 e. The predicted octanol–water partition coefficient (Wildman–Crippen LogP) is 0.879. The number of aliphatic carboxylic acids is 1. The second kappa shape index (κ2) is 4.64. The van der Waals surface area contributed by atoms with Crippen LogP contribution in [0.15, 0.2) is 0 Å². The molecule has 0 aromatic carbocycles. The zero-order chi connectivity index (χ0) is 12.5. The molecule has 2 fully saturated rings. The van der Waals surface area contributed by atoms with Crippen LogP contribution in [0.1, 0.15) is 32.1 Å². The van der Waals surface area contributed by atoms with Crippen molar-refractivity contribution in [2.24, 2.45) is 5.41 Å². The van der Waals surface area contributed by atoms with Crippen molar-refractivity contribution in [2.75, 3.05) is 20.3 Å². The fourth-order valence-electron chi connectivity index (χ4n) is 2.63. The molecule has 0 aromatic heterocycles. The molecule has 1 saturated heterocycles. The van der Waals surface area contributed by atoms with E-state index < -0.39 is 11.4 Å². The highest BCUT2D eigenvalue weighted by Crippen LogP contribution is 2.43. The number of nitrogens with zero attached hydrogens (tertiary/aromatic N) is 1. The number of ether oxygens (including phenoxy) is 1. The average Bonchev–Trinajstić information content (AvgIpc) is 2.27. The van der Waals surface area contributed by atoms with E-state index in [1.54, 1.807) is 11.9 Å². The Labute approximate surface area is 101 Å². The minimum atomic E-state index is -1.13. The lowest BCUT2D eigenvalue weighted by Crippen LogP contribution is -2.54. The van der Waals surface area contributed by atoms with Crippen molar-refractivity contribution in [2.45, 2.75) is 38.1 Å². The van der Waals surface area contributed by atoms with Crippen LogP contribution in [-0.2, 0) is 14.3 Å². The maximum absolute atomic E-state index is 12.3. The van der Waals surface area contributed by atoms with E-state index in [-0.39, 0.29) is 11.9 Å². The molecule has 1 aliphatic heterocycles. The summed E-state index contributed by atoms with van der Waals surface area (Å²) in [5, 5.41) is 9.23. The minimum Gasteiger partial charge on any atom is -0.480 e. The number of hydrogen-bond donors (Lipinski definition) is 1. The molecule has 0 unspecified atom stereocenters. The first-order chi connectivity index (χ1) is 8.08. The van der Waals surface area contributed by atoms with Gasteiger partial charge in [-0.1, -0.05) is 6.42 Å². The van der Waals surface area contributed by atoms with Crippen LogP contribution in [-0.4, -0.2) is 48.2 Å². The zero-order valence-corrected chi connectivity index (χ0v) is 10.1. The van der Waals surface area contributed by atoms with E-state index in [1.165, 1.54) is 0 Å². The van der Waals surface area contributed by atoms with Gasteiger partial charge in [0.25, 0.3) is 0 Å². The van der Waals surface area contributed by atoms with Crippen molar-refractivity contribution in [1.29, 1.82) is 0 Å². The van der Waals surface area contributed by atoms with Gasteiger partial charge in [0, 0.05) is 26.3 Å². The van der Waals surface area contributed by atoms with Crippen LogP contribution in [0.5, 0.6) is 0 Å². The molecule has 1 aliphatic carbocycles. The van der Waals surface area contributed by atoms with Crippen molar-refractivity contribution < 1.29 is 19.4 Å². The average molecular weight is 241 g/mol. The van der Waals surface area contributed by atoms with Gasteiger partial charge >= 0.3 is 5.97 Å². The van der Waals surface area contributed by atoms with Crippen LogP contribution < -0.4 is 0 Å². The van der Waals surface area contributed by atoms with E-state index in [2.05, 4.69) is 0 Å². The lowest BCUT2D eigenvalue weighted by atomic mass is 9.67. The van der Waals surface area contributed by atoms with Gasteiger partial charge in [-0.3, -0.25) is 9.59 Å². The highest BCUT2D eigenvalue weighted by atomic mass is 16.5. The van der Waals surface area contributed by atoms with E-state index in [0.29, 0.717) is 26.1 Å². The first-order valence-electron chi connectivity index (χ1n) is 6.16. The normalized spacial score (nSPS) is 23.8. The molecular weight excluding hydrogens is 222 g/mol. The van der Waals surface area contributed by atoms with Gasteiger partial charge in [-0.25, -0.2) is 0 Å². The Bertz CT molecular complexity index is 318. The minimum absolute atomic E-state index is 0.132. The lowest BCUT2D eigenvalue weighted by molar-refractivity contribution is -0.168. The molecular formula is C12H19NO4. The highest BCUT2D eigenvalue weighted by molar-refractivity contribution is 6.02. The Balaban J connectivity index is 2.05. The maximum atomic E-state index is 12.3. The Morgan fingerprint density at radius 2 is 1.88 bits per heavy atom. The number of carbonyl (C=O) groups excluding carboxylic acids is 1. The largest absolute Gasteiger partial charge is 0.480 e. The molecule has 5 nitrogen and oxygen atoms in total. The number of rotatable bonds is 3. The fraction of sp³-hybridized carbons (Fsp3) is 0.833. The Morgan fingerprint density at radius 1 is 1.29 bits per heavy atom. The summed E-state index contributed by atoms with van der Waals surface area (Å²) in [4.78, 5) is 25.2. The summed E-state index contributed by atoms with van der Waals surface area (Å²) >= 11 is 0. The third kappa shape index (κ3) is 2.04. The molecule has 0 aromatic rings. The van der Waals surface area contributed by atoms with Crippen molar-refractivity contribution in [1.82, 2.24) is 4.90 Å². The molecule has 5 heteroatoms. The van der Waals surface area contributed by atoms with Gasteiger partial charge in [-0.2, -0.15) is 0 Å². The third-order valence-corrected chi connectivity index (χ3v) is 4.08. The lowest BCUT2D eigenvalue weighted by Gasteiger charge is -2.42. The first kappa shape index (κ1) is 12.4. The summed E-state index contributed by atoms with van der Waals surface area (Å²) < 4.78 is 5.25. The molecule has 2 aliphatic rings. The molecule has 96 valence electrons. The van der Waals surface area contributed by atoms with Crippen molar-refractivity contribution in [3.63, 3.8) is 0 Å². The Morgan fingerprint density at radius 3 is 2.29 bits per heavy atom. The summed E-state index contributed by atoms with van der Waals surface area (Å²) in [6.07, 6.45) is 3.40. The number of carboxylic acid groups (broad SMARTS) is 1. The van der Waals surface area contributed by atoms with Crippen LogP contribution in [0.4, 0.5) is 0 Å². The molecule has 0 spiro atoms. The summed E-state index contributed by atoms with van der Waals surface area (Å²) in [7, 11) is 1.72. The molecule has 0 bridgehead atoms. The summed E-state index contributed by atoms with van der Waals surface area (Å²) in [5.41, 5.74) is -1.13. The molecule has 0 radical (unpaired) electrons. The molecule has 1 amide bonds. The summed E-state index contributed by atoms with van der Waals surface area (Å²) in [5.74, 6) is -1.18. The van der Waals surface area contributed by atoms with Gasteiger partial charge in [0.15, 0.2) is 0 Å². The molecule has 1 heterocycles. The van der Waals surface area contributed by atoms with E-state index in [9.17, 15) is 14.7 Å². The molecule has 17 heavy (non-hydrogen) atoms. The third-order valence-electron chi connectivity index (χ3n) is 4.08. The van der Waals surface area contributed by atoms with E-state index in [4.69, 9.17) is 4.74 Å². The van der Waals surface area contributed by atoms with Crippen molar-refractivity contribution >= 4 is 11.9 Å². The topological polar surface area (TPSA) is 66.8 Å². The number of carboxylic acids is 1. The maximum Gasteiger partial charge on any atom is 0.319 e. The standard InChI is InChI=1S/C12H19NO4/c1-13(9-3-7-17-8-4-9)10(14)12(11(15)16)5-2-6-12/h9H,2-8H2,1H3,(H,15,16). The van der Waals surface area contributed by atoms with Crippen LogP contribution in [0.2, 0.25) is 0 Å². The van der Waals surface area contributed by atoms with Gasteiger partial charge in [0.2, 0.25) is 5.91 Å². The van der Waals surface area contributed by atoms with Gasteiger partial charge < -0.3 is 14.7 Å². The van der Waals surface area contributed by atoms with Gasteiger partial charge in [0.05, 0.1) is 0 Å². The van der Waals surface area contributed by atoms with Crippen LogP contribution in [0, 0.1) is 5.41 Å². The summed E-state index contributed by atoms with van der Waals surface area (Å²) in [6, 6.07) is 0.132. The second-order valence-corrected chi connectivity index (χ2v) is 5.00. The van der Waals surface area contributed by atoms with Crippen molar-refractivity contribution in [3.05, 3.63) is 0 Å². The van der Waals surface area contributed by atoms with Gasteiger partial charge in [0.1, 0.15) is 5.41 Å². The molecule has 1 N–H and O–H groups in total. The van der Waals surface area contributed by atoms with E-state index >= 15 is 0 Å². The first-order valence-corrected chi connectivity index (χ1v) is 6.16. The number of carbonyl (C=O) groups is 2. The zero-order valence-electron chi connectivity index (χ0n) is 10.1. The SMILES string of the molecule is CN(C(=O)C1(C(=O)O)CCC1)C1CCOCC1. The number of amides is 1. The van der Waals surface area contributed by atoms with E-state index in [1.807, 2.05) is 0 Å². The monoisotopic (exact) mass is 241 g/mol. The van der Waals surface area contributed by atoms with Crippen LogP contribution >= 0.6 is 0 Å². The molecule has 0 atom stereocenters. The Hall–Kier alpha value is -1.10. The van der Waals surface area contributed by atoms with Crippen molar-refractivity contribution in [3.8, 4) is 0 Å².